The molecule has 7 heteroatoms. The summed E-state index contributed by atoms with van der Waals surface area (Å²) in [5.74, 6) is 0.292. The minimum Gasteiger partial charge on any atom is -0.374 e. The van der Waals surface area contributed by atoms with Crippen LogP contribution in [0, 0.1) is 13.8 Å². The van der Waals surface area contributed by atoms with Gasteiger partial charge in [0.2, 0.25) is 0 Å². The van der Waals surface area contributed by atoms with E-state index in [4.69, 9.17) is 4.52 Å². The molecule has 0 spiro atoms. The molecule has 0 aliphatic carbocycles. The number of nitrogens with one attached hydrogen (secondary N) is 1. The monoisotopic (exact) mass is 321 g/mol. The van der Waals surface area contributed by atoms with E-state index in [-0.39, 0.29) is 4.90 Å². The second kappa shape index (κ2) is 5.31. The molecule has 0 saturated carbocycles. The largest absolute Gasteiger partial charge is 0.374 e. The molecule has 2 aromatic rings. The Balaban J connectivity index is 1.95. The number of hydrogen-bond acceptors (Lipinski definition) is 5. The van der Waals surface area contributed by atoms with Gasteiger partial charge in [0.05, 0.1) is 5.69 Å². The summed E-state index contributed by atoms with van der Waals surface area (Å²) in [4.78, 5) is 2.26. The number of rotatable bonds is 3. The lowest BCUT2D eigenvalue weighted by molar-refractivity contribution is 0.390. The quantitative estimate of drug-likeness (QED) is 0.940. The topological polar surface area (TPSA) is 75.4 Å². The number of nitrogens with zero attached hydrogens (tertiary/aromatic N) is 2. The molecule has 0 amide bonds. The van der Waals surface area contributed by atoms with Crippen molar-refractivity contribution >= 4 is 21.4 Å². The highest BCUT2D eigenvalue weighted by Crippen LogP contribution is 2.30. The van der Waals surface area contributed by atoms with Crippen molar-refractivity contribution in [3.05, 3.63) is 35.2 Å². The van der Waals surface area contributed by atoms with Gasteiger partial charge >= 0.3 is 0 Å². The van der Waals surface area contributed by atoms with Crippen molar-refractivity contribution in [3.8, 4) is 0 Å². The van der Waals surface area contributed by atoms with Crippen molar-refractivity contribution in [2.24, 2.45) is 0 Å². The maximum Gasteiger partial charge on any atom is 0.267 e. The maximum atomic E-state index is 12.5. The molecule has 6 nitrogen and oxygen atoms in total. The van der Waals surface area contributed by atoms with E-state index in [1.807, 2.05) is 19.2 Å². The smallest absolute Gasteiger partial charge is 0.267 e. The highest BCUT2D eigenvalue weighted by Gasteiger charge is 2.25. The van der Waals surface area contributed by atoms with Crippen LogP contribution in [0.2, 0.25) is 0 Å². The second-order valence-electron chi connectivity index (χ2n) is 5.63. The van der Waals surface area contributed by atoms with E-state index >= 15 is 0 Å². The lowest BCUT2D eigenvalue weighted by Gasteiger charge is -2.28. The van der Waals surface area contributed by atoms with Crippen molar-refractivity contribution in [2.45, 2.75) is 31.6 Å². The molecule has 0 saturated heterocycles. The summed E-state index contributed by atoms with van der Waals surface area (Å²) >= 11 is 0. The van der Waals surface area contributed by atoms with Crippen molar-refractivity contribution in [3.63, 3.8) is 0 Å². The van der Waals surface area contributed by atoms with E-state index in [1.165, 1.54) is 5.56 Å². The molecule has 1 aliphatic rings. The maximum absolute atomic E-state index is 12.5. The first kappa shape index (κ1) is 14.9. The molecule has 2 heterocycles. The average molecular weight is 321 g/mol. The van der Waals surface area contributed by atoms with Crippen molar-refractivity contribution in [2.75, 3.05) is 23.2 Å². The average Bonchev–Trinajstić information content (AvgIpc) is 2.79. The van der Waals surface area contributed by atoms with E-state index < -0.39 is 10.0 Å². The molecule has 22 heavy (non-hydrogen) atoms. The molecule has 0 atom stereocenters. The van der Waals surface area contributed by atoms with Crippen LogP contribution in [-0.4, -0.2) is 27.2 Å². The highest BCUT2D eigenvalue weighted by atomic mass is 32.2. The van der Waals surface area contributed by atoms with E-state index in [9.17, 15) is 8.42 Å². The standard InChI is InChI=1S/C15H19N3O3S/c1-10-15(11(2)21-16-10)22(19,20)17-13-7-6-12-5-4-8-18(3)14(12)9-13/h6-7,9,17H,4-5,8H2,1-3H3. The number of hydrogen-bond donors (Lipinski definition) is 1. The summed E-state index contributed by atoms with van der Waals surface area (Å²) in [5.41, 5.74) is 3.23. The number of anilines is 2. The normalized spacial score (nSPS) is 14.8. The molecule has 0 unspecified atom stereocenters. The van der Waals surface area contributed by atoms with Crippen LogP contribution in [0.4, 0.5) is 11.4 Å². The first-order valence-corrected chi connectivity index (χ1v) is 8.66. The molecule has 118 valence electrons. The van der Waals surface area contributed by atoms with Gasteiger partial charge in [0, 0.05) is 19.3 Å². The van der Waals surface area contributed by atoms with Crippen LogP contribution in [-0.2, 0) is 16.4 Å². The van der Waals surface area contributed by atoms with Crippen molar-refractivity contribution in [1.29, 1.82) is 0 Å². The Morgan fingerprint density at radius 3 is 2.77 bits per heavy atom. The fraction of sp³-hybridized carbons (Fsp3) is 0.400. The molecule has 0 bridgehead atoms. The Morgan fingerprint density at radius 1 is 1.32 bits per heavy atom. The van der Waals surface area contributed by atoms with Gasteiger partial charge in [-0.2, -0.15) is 0 Å². The summed E-state index contributed by atoms with van der Waals surface area (Å²) < 4.78 is 32.6. The zero-order valence-corrected chi connectivity index (χ0v) is 13.7. The first-order chi connectivity index (χ1) is 10.4. The predicted octanol–water partition coefficient (Wildman–Crippen LogP) is 2.47. The number of benzene rings is 1. The number of sulfonamides is 1. The van der Waals surface area contributed by atoms with Crippen LogP contribution in [0.25, 0.3) is 0 Å². The molecule has 3 rings (SSSR count). The number of aryl methyl sites for hydroxylation is 3. The van der Waals surface area contributed by atoms with Gasteiger partial charge in [-0.25, -0.2) is 8.42 Å². The predicted molar refractivity (Wildman–Crippen MR) is 84.8 cm³/mol. The van der Waals surface area contributed by atoms with Gasteiger partial charge in [0.25, 0.3) is 10.0 Å². The van der Waals surface area contributed by atoms with Crippen LogP contribution in [0.15, 0.2) is 27.6 Å². The second-order valence-corrected chi connectivity index (χ2v) is 7.25. The number of aromatic nitrogens is 1. The lowest BCUT2D eigenvalue weighted by Crippen LogP contribution is -2.25. The van der Waals surface area contributed by atoms with Crippen molar-refractivity contribution in [1.82, 2.24) is 5.16 Å². The third-order valence-electron chi connectivity index (χ3n) is 3.93. The summed E-state index contributed by atoms with van der Waals surface area (Å²) in [6, 6.07) is 5.66. The van der Waals surface area contributed by atoms with Crippen LogP contribution >= 0.6 is 0 Å². The Morgan fingerprint density at radius 2 is 2.09 bits per heavy atom. The Hall–Kier alpha value is -2.02. The first-order valence-electron chi connectivity index (χ1n) is 7.18. The van der Waals surface area contributed by atoms with Crippen LogP contribution in [0.5, 0.6) is 0 Å². The van der Waals surface area contributed by atoms with Crippen LogP contribution in [0.3, 0.4) is 0 Å². The summed E-state index contributed by atoms with van der Waals surface area (Å²) in [5, 5.41) is 3.70. The fourth-order valence-corrected chi connectivity index (χ4v) is 4.27. The zero-order valence-electron chi connectivity index (χ0n) is 12.9. The van der Waals surface area contributed by atoms with E-state index in [0.29, 0.717) is 17.1 Å². The molecular formula is C15H19N3O3S. The molecule has 1 aromatic heterocycles. The van der Waals surface area contributed by atoms with E-state index in [2.05, 4.69) is 14.8 Å². The molecule has 1 N–H and O–H groups in total. The minimum atomic E-state index is -3.70. The highest BCUT2D eigenvalue weighted by molar-refractivity contribution is 7.92. The van der Waals surface area contributed by atoms with Gasteiger partial charge in [-0.1, -0.05) is 11.2 Å². The van der Waals surface area contributed by atoms with Gasteiger partial charge in [-0.15, -0.1) is 0 Å². The third-order valence-corrected chi connectivity index (χ3v) is 5.55. The molecule has 1 aromatic carbocycles. The molecule has 1 aliphatic heterocycles. The lowest BCUT2D eigenvalue weighted by atomic mass is 10.0. The summed E-state index contributed by atoms with van der Waals surface area (Å²) in [6.45, 7) is 4.19. The zero-order chi connectivity index (χ0) is 15.9. The van der Waals surface area contributed by atoms with Gasteiger partial charge in [-0.3, -0.25) is 4.72 Å². The van der Waals surface area contributed by atoms with Crippen LogP contribution in [0.1, 0.15) is 23.4 Å². The Bertz CT molecular complexity index is 792. The number of fused-ring (bicyclic) bond motifs is 1. The SMILES string of the molecule is Cc1noc(C)c1S(=O)(=O)Nc1ccc2c(c1)N(C)CCC2. The third kappa shape index (κ3) is 2.56. The molecular weight excluding hydrogens is 302 g/mol. The van der Waals surface area contributed by atoms with Gasteiger partial charge in [0.1, 0.15) is 5.69 Å². The Kier molecular flexibility index (Phi) is 3.60. The Labute approximate surface area is 130 Å². The molecule has 0 radical (unpaired) electrons. The van der Waals surface area contributed by atoms with E-state index in [1.54, 1.807) is 19.9 Å². The van der Waals surface area contributed by atoms with Gasteiger partial charge in [-0.05, 0) is 44.4 Å². The van der Waals surface area contributed by atoms with E-state index in [0.717, 1.165) is 25.1 Å². The summed E-state index contributed by atoms with van der Waals surface area (Å²) in [7, 11) is -1.68. The van der Waals surface area contributed by atoms with Crippen molar-refractivity contribution < 1.29 is 12.9 Å². The fourth-order valence-electron chi connectivity index (χ4n) is 2.89. The minimum absolute atomic E-state index is 0.110. The summed E-state index contributed by atoms with van der Waals surface area (Å²) in [6.07, 6.45) is 2.14. The molecule has 0 fully saturated rings. The van der Waals surface area contributed by atoms with Gasteiger partial charge in [0.15, 0.2) is 10.7 Å². The van der Waals surface area contributed by atoms with Gasteiger partial charge < -0.3 is 9.42 Å². The van der Waals surface area contributed by atoms with Crippen LogP contribution < -0.4 is 9.62 Å².